The van der Waals surface area contributed by atoms with Gasteiger partial charge in [0.05, 0.1) is 12.2 Å². The van der Waals surface area contributed by atoms with Crippen molar-refractivity contribution in [3.8, 4) is 5.75 Å². The first-order valence-electron chi connectivity index (χ1n) is 14.8. The average molecular weight is 573 g/mol. The van der Waals surface area contributed by atoms with Gasteiger partial charge in [-0.05, 0) is 92.5 Å². The Morgan fingerprint density at radius 1 is 0.881 bits per heavy atom. The number of benzene rings is 3. The van der Waals surface area contributed by atoms with Gasteiger partial charge in [-0.2, -0.15) is 0 Å². The van der Waals surface area contributed by atoms with Crippen molar-refractivity contribution in [3.63, 3.8) is 0 Å². The van der Waals surface area contributed by atoms with Gasteiger partial charge in [0.25, 0.3) is 0 Å². The summed E-state index contributed by atoms with van der Waals surface area (Å²) >= 11 is 0. The molecule has 0 heterocycles. The molecule has 0 aliphatic carbocycles. The normalized spacial score (nSPS) is 11.8. The van der Waals surface area contributed by atoms with Gasteiger partial charge in [-0.3, -0.25) is 4.79 Å². The number of para-hydroxylation sites is 1. The molecule has 7 heteroatoms. The van der Waals surface area contributed by atoms with Gasteiger partial charge >= 0.3 is 11.9 Å². The van der Waals surface area contributed by atoms with E-state index in [1.165, 1.54) is 5.69 Å². The van der Waals surface area contributed by atoms with Gasteiger partial charge < -0.3 is 25.2 Å². The van der Waals surface area contributed by atoms with Crippen molar-refractivity contribution in [1.29, 1.82) is 0 Å². The number of allylic oxidation sites excluding steroid dienone is 1. The molecule has 3 aromatic rings. The Morgan fingerprint density at radius 2 is 1.62 bits per heavy atom. The fourth-order valence-corrected chi connectivity index (χ4v) is 4.72. The molecule has 3 N–H and O–H groups in total. The number of hydrogen-bond donors (Lipinski definition) is 3. The maximum absolute atomic E-state index is 11.2. The van der Waals surface area contributed by atoms with Gasteiger partial charge in [0, 0.05) is 44.0 Å². The van der Waals surface area contributed by atoms with Gasteiger partial charge in [-0.1, -0.05) is 48.9 Å². The minimum atomic E-state index is -0.939. The molecule has 0 aromatic heterocycles. The highest BCUT2D eigenvalue weighted by atomic mass is 16.5. The largest absolute Gasteiger partial charge is 0.493 e. The Kier molecular flexibility index (Phi) is 13.5. The fraction of sp³-hybridized carbons (Fsp3) is 0.371. The van der Waals surface area contributed by atoms with Gasteiger partial charge in [-0.25, -0.2) is 4.79 Å². The van der Waals surface area contributed by atoms with Crippen LogP contribution in [0.15, 0.2) is 78.9 Å². The molecule has 7 nitrogen and oxygen atoms in total. The number of unbranched alkanes of at least 4 members (excludes halogenated alkanes) is 3. The lowest BCUT2D eigenvalue weighted by molar-refractivity contribution is -0.137. The monoisotopic (exact) mass is 572 g/mol. The highest BCUT2D eigenvalue weighted by molar-refractivity contribution is 5.87. The number of anilines is 2. The molecule has 0 amide bonds. The number of rotatable bonds is 19. The summed E-state index contributed by atoms with van der Waals surface area (Å²) in [4.78, 5) is 24.2. The van der Waals surface area contributed by atoms with Gasteiger partial charge in [0.1, 0.15) is 5.75 Å². The Morgan fingerprint density at radius 3 is 2.31 bits per heavy atom. The van der Waals surface area contributed by atoms with E-state index in [0.717, 1.165) is 67.6 Å². The van der Waals surface area contributed by atoms with Gasteiger partial charge in [0.15, 0.2) is 0 Å². The van der Waals surface area contributed by atoms with Crippen LogP contribution in [0.1, 0.15) is 66.4 Å². The van der Waals surface area contributed by atoms with E-state index in [1.807, 2.05) is 50.5 Å². The minimum Gasteiger partial charge on any atom is -0.493 e. The Balaban J connectivity index is 1.49. The Bertz CT molecular complexity index is 1270. The molecule has 1 unspecified atom stereocenters. The molecule has 224 valence electrons. The van der Waals surface area contributed by atoms with Crippen molar-refractivity contribution < 1.29 is 24.5 Å². The summed E-state index contributed by atoms with van der Waals surface area (Å²) in [5.41, 5.74) is 4.65. The first kappa shape index (κ1) is 32.3. The summed E-state index contributed by atoms with van der Waals surface area (Å²) in [7, 11) is 4.08. The van der Waals surface area contributed by atoms with Crippen LogP contribution >= 0.6 is 0 Å². The third-order valence-corrected chi connectivity index (χ3v) is 7.17. The molecule has 0 saturated carbocycles. The summed E-state index contributed by atoms with van der Waals surface area (Å²) in [5.74, 6) is -0.674. The average Bonchev–Trinajstić information content (AvgIpc) is 2.98. The SMILES string of the molecule is CN(C)c1ccc(NCCCCCOc2ccccc2/C=C/C(CCCCC(=O)O)Cc2ccc(C(=O)O)cc2)cc1. The molecule has 0 radical (unpaired) electrons. The van der Waals surface area contributed by atoms with Crippen LogP contribution in [0.25, 0.3) is 6.08 Å². The zero-order valence-corrected chi connectivity index (χ0v) is 24.8. The number of hydrogen-bond acceptors (Lipinski definition) is 5. The topological polar surface area (TPSA) is 99.1 Å². The molecule has 0 aliphatic rings. The molecular weight excluding hydrogens is 528 g/mol. The summed E-state index contributed by atoms with van der Waals surface area (Å²) in [5, 5.41) is 21.7. The van der Waals surface area contributed by atoms with Gasteiger partial charge in [0.2, 0.25) is 0 Å². The van der Waals surface area contributed by atoms with Crippen LogP contribution < -0.4 is 15.0 Å². The maximum Gasteiger partial charge on any atom is 0.335 e. The Labute approximate surface area is 249 Å². The molecule has 0 spiro atoms. The molecule has 42 heavy (non-hydrogen) atoms. The molecule has 0 fully saturated rings. The van der Waals surface area contributed by atoms with Crippen LogP contribution in [0, 0.1) is 5.92 Å². The lowest BCUT2D eigenvalue weighted by atomic mass is 9.92. The van der Waals surface area contributed by atoms with E-state index in [2.05, 4.69) is 46.6 Å². The zero-order valence-electron chi connectivity index (χ0n) is 24.8. The standard InChI is InChI=1S/C35H44N2O5/c1-37(2)32-22-20-31(21-23-32)36-24-8-3-9-25-42-33-12-6-5-11-29(33)17-14-27(10-4-7-13-34(38)39)26-28-15-18-30(19-16-28)35(40)41/h5-6,11-12,14-23,27,36H,3-4,7-10,13,24-26H2,1-2H3,(H,38,39)(H,40,41)/b17-14+. The van der Waals surface area contributed by atoms with E-state index in [0.29, 0.717) is 13.0 Å². The summed E-state index contributed by atoms with van der Waals surface area (Å²) in [6, 6.07) is 23.4. The highest BCUT2D eigenvalue weighted by Gasteiger charge is 2.10. The van der Waals surface area contributed by atoms with Crippen molar-refractivity contribution in [1.82, 2.24) is 0 Å². The number of carboxylic acid groups (broad SMARTS) is 2. The van der Waals surface area contributed by atoms with Crippen molar-refractivity contribution in [2.24, 2.45) is 5.92 Å². The summed E-state index contributed by atoms with van der Waals surface area (Å²) < 4.78 is 6.15. The smallest absolute Gasteiger partial charge is 0.335 e. The number of carbonyl (C=O) groups is 2. The molecule has 3 rings (SSSR count). The number of nitrogens with one attached hydrogen (secondary N) is 1. The van der Waals surface area contributed by atoms with Crippen LogP contribution in [-0.2, 0) is 11.2 Å². The Hall–Kier alpha value is -4.26. The molecular formula is C35H44N2O5. The van der Waals surface area contributed by atoms with E-state index in [1.54, 1.807) is 12.1 Å². The van der Waals surface area contributed by atoms with E-state index >= 15 is 0 Å². The van der Waals surface area contributed by atoms with E-state index in [4.69, 9.17) is 9.84 Å². The van der Waals surface area contributed by atoms with Crippen molar-refractivity contribution in [2.75, 3.05) is 37.5 Å². The van der Waals surface area contributed by atoms with Crippen molar-refractivity contribution in [3.05, 3.63) is 95.6 Å². The first-order chi connectivity index (χ1) is 20.3. The summed E-state index contributed by atoms with van der Waals surface area (Å²) in [6.45, 7) is 1.57. The lowest BCUT2D eigenvalue weighted by Gasteiger charge is -2.14. The molecule has 0 saturated heterocycles. The third-order valence-electron chi connectivity index (χ3n) is 7.17. The van der Waals surface area contributed by atoms with Crippen LogP contribution in [0.4, 0.5) is 11.4 Å². The number of ether oxygens (including phenoxy) is 1. The third kappa shape index (κ3) is 11.7. The highest BCUT2D eigenvalue weighted by Crippen LogP contribution is 2.24. The van der Waals surface area contributed by atoms with Crippen molar-refractivity contribution in [2.45, 2.75) is 51.4 Å². The predicted octanol–water partition coefficient (Wildman–Crippen LogP) is 7.63. The van der Waals surface area contributed by atoms with Crippen LogP contribution in [-0.4, -0.2) is 49.4 Å². The number of carboxylic acids is 2. The summed E-state index contributed by atoms with van der Waals surface area (Å²) in [6.07, 6.45) is 10.6. The second-order valence-electron chi connectivity index (χ2n) is 10.8. The zero-order chi connectivity index (χ0) is 30.2. The second kappa shape index (κ2) is 17.5. The molecule has 3 aromatic carbocycles. The van der Waals surface area contributed by atoms with Crippen LogP contribution in [0.5, 0.6) is 5.75 Å². The van der Waals surface area contributed by atoms with E-state index in [9.17, 15) is 14.7 Å². The minimum absolute atomic E-state index is 0.167. The molecule has 1 atom stereocenters. The lowest BCUT2D eigenvalue weighted by Crippen LogP contribution is -2.08. The van der Waals surface area contributed by atoms with Crippen LogP contribution in [0.3, 0.4) is 0 Å². The maximum atomic E-state index is 11.2. The van der Waals surface area contributed by atoms with Crippen LogP contribution in [0.2, 0.25) is 0 Å². The fourth-order valence-electron chi connectivity index (χ4n) is 4.72. The number of nitrogens with zero attached hydrogens (tertiary/aromatic N) is 1. The second-order valence-corrected chi connectivity index (χ2v) is 10.8. The quantitative estimate of drug-likeness (QED) is 0.127. The van der Waals surface area contributed by atoms with Crippen molar-refractivity contribution >= 4 is 29.4 Å². The van der Waals surface area contributed by atoms with E-state index < -0.39 is 11.9 Å². The molecule has 0 aliphatic heterocycles. The molecule has 0 bridgehead atoms. The van der Waals surface area contributed by atoms with Gasteiger partial charge in [-0.15, -0.1) is 0 Å². The predicted molar refractivity (Wildman–Crippen MR) is 171 cm³/mol. The first-order valence-corrected chi connectivity index (χ1v) is 14.8. The number of aliphatic carboxylic acids is 1. The van der Waals surface area contributed by atoms with E-state index in [-0.39, 0.29) is 17.9 Å². The number of aromatic carboxylic acids is 1.